The average Bonchev–Trinajstić information content (AvgIpc) is 2.69. The van der Waals surface area contributed by atoms with E-state index in [4.69, 9.17) is 19.8 Å². The van der Waals surface area contributed by atoms with Crippen LogP contribution in [0.15, 0.2) is 0 Å². The molecule has 10 nitrogen and oxygen atoms in total. The van der Waals surface area contributed by atoms with Crippen molar-refractivity contribution in [3.63, 3.8) is 0 Å². The second-order valence-corrected chi connectivity index (χ2v) is 9.28. The van der Waals surface area contributed by atoms with E-state index >= 15 is 0 Å². The first-order valence-corrected chi connectivity index (χ1v) is 11.9. The van der Waals surface area contributed by atoms with Gasteiger partial charge in [0.1, 0.15) is 17.7 Å². The zero-order valence-corrected chi connectivity index (χ0v) is 21.7. The Labute approximate surface area is 199 Å². The number of hydrogen-bond donors (Lipinski definition) is 4. The molecular weight excluding hydrogens is 427 g/mol. The SMILES string of the molecule is CCOB(OCC)[C@@H](CCCCN)NC(=O)[C@@H](NC(=O)[C@H](C)NC(=O)OC(C)(C)C)C(C)C. The number of alkyl carbamates (subject to hydrolysis) is 1. The minimum atomic E-state index is -0.881. The van der Waals surface area contributed by atoms with Gasteiger partial charge in [0.05, 0.1) is 5.94 Å². The summed E-state index contributed by atoms with van der Waals surface area (Å²) in [5, 5.41) is 8.21. The normalized spacial score (nSPS) is 14.2. The summed E-state index contributed by atoms with van der Waals surface area (Å²) in [6.45, 7) is 15.6. The molecule has 0 aliphatic rings. The molecule has 0 aromatic heterocycles. The first-order valence-electron chi connectivity index (χ1n) is 11.9. The predicted octanol–water partition coefficient (Wildman–Crippen LogP) is 1.75. The number of unbranched alkanes of at least 4 members (excludes halogenated alkanes) is 1. The van der Waals surface area contributed by atoms with Crippen molar-refractivity contribution >= 4 is 25.0 Å². The fourth-order valence-corrected chi connectivity index (χ4v) is 3.03. The molecule has 192 valence electrons. The molecule has 0 bridgehead atoms. The Morgan fingerprint density at radius 3 is 1.94 bits per heavy atom. The maximum atomic E-state index is 13.1. The van der Waals surface area contributed by atoms with Gasteiger partial charge in [-0.05, 0) is 66.8 Å². The van der Waals surface area contributed by atoms with Crippen LogP contribution in [0.4, 0.5) is 4.79 Å². The summed E-state index contributed by atoms with van der Waals surface area (Å²) in [5.74, 6) is -1.41. The van der Waals surface area contributed by atoms with Crippen LogP contribution in [0.1, 0.15) is 74.7 Å². The first-order chi connectivity index (χ1) is 15.4. The van der Waals surface area contributed by atoms with Crippen LogP contribution >= 0.6 is 0 Å². The van der Waals surface area contributed by atoms with E-state index in [1.807, 2.05) is 27.7 Å². The Balaban J connectivity index is 5.26. The minimum Gasteiger partial charge on any atom is -0.444 e. The van der Waals surface area contributed by atoms with Crippen LogP contribution in [-0.2, 0) is 23.6 Å². The molecule has 0 saturated carbocycles. The monoisotopic (exact) mass is 472 g/mol. The molecule has 0 aromatic rings. The molecule has 0 aliphatic heterocycles. The van der Waals surface area contributed by atoms with Gasteiger partial charge < -0.3 is 35.7 Å². The van der Waals surface area contributed by atoms with Gasteiger partial charge in [-0.3, -0.25) is 9.59 Å². The summed E-state index contributed by atoms with van der Waals surface area (Å²) in [7, 11) is -0.599. The fourth-order valence-electron chi connectivity index (χ4n) is 3.03. The molecule has 0 heterocycles. The van der Waals surface area contributed by atoms with Gasteiger partial charge >= 0.3 is 13.2 Å². The fraction of sp³-hybridized carbons (Fsp3) is 0.864. The van der Waals surface area contributed by atoms with Gasteiger partial charge in [0.25, 0.3) is 0 Å². The van der Waals surface area contributed by atoms with Crippen LogP contribution in [0.5, 0.6) is 0 Å². The Morgan fingerprint density at radius 2 is 1.48 bits per heavy atom. The zero-order chi connectivity index (χ0) is 25.6. The number of carbonyl (C=O) groups is 3. The number of amides is 3. The molecule has 3 amide bonds. The van der Waals surface area contributed by atoms with Gasteiger partial charge in [0.2, 0.25) is 11.8 Å². The van der Waals surface area contributed by atoms with E-state index in [-0.39, 0.29) is 17.8 Å². The number of nitrogens with two attached hydrogens (primary N) is 1. The third kappa shape index (κ3) is 13.5. The van der Waals surface area contributed by atoms with Crippen molar-refractivity contribution in [2.24, 2.45) is 11.7 Å². The lowest BCUT2D eigenvalue weighted by atomic mass is 9.74. The maximum Gasteiger partial charge on any atom is 0.480 e. The van der Waals surface area contributed by atoms with E-state index in [9.17, 15) is 14.4 Å². The summed E-state index contributed by atoms with van der Waals surface area (Å²) in [6, 6.07) is -1.69. The van der Waals surface area contributed by atoms with Gasteiger partial charge in [0, 0.05) is 13.2 Å². The van der Waals surface area contributed by atoms with E-state index < -0.39 is 36.8 Å². The molecule has 3 atom stereocenters. The smallest absolute Gasteiger partial charge is 0.444 e. The lowest BCUT2D eigenvalue weighted by Crippen LogP contribution is -2.58. The van der Waals surface area contributed by atoms with E-state index in [1.165, 1.54) is 6.92 Å². The highest BCUT2D eigenvalue weighted by atomic mass is 16.6. The van der Waals surface area contributed by atoms with Crippen LogP contribution in [0.2, 0.25) is 0 Å². The van der Waals surface area contributed by atoms with Crippen LogP contribution in [0.3, 0.4) is 0 Å². The number of carbonyl (C=O) groups excluding carboxylic acids is 3. The van der Waals surface area contributed by atoms with Crippen LogP contribution in [0, 0.1) is 5.92 Å². The molecule has 0 fully saturated rings. The van der Waals surface area contributed by atoms with Crippen molar-refractivity contribution in [1.29, 1.82) is 0 Å². The molecular formula is C22H45BN4O6. The highest BCUT2D eigenvalue weighted by molar-refractivity contribution is 6.47. The summed E-state index contributed by atoms with van der Waals surface area (Å²) in [5.41, 5.74) is 4.93. The summed E-state index contributed by atoms with van der Waals surface area (Å²) in [4.78, 5) is 37.8. The van der Waals surface area contributed by atoms with Crippen molar-refractivity contribution in [1.82, 2.24) is 16.0 Å². The van der Waals surface area contributed by atoms with Gasteiger partial charge in [-0.15, -0.1) is 0 Å². The Bertz CT molecular complexity index is 594. The lowest BCUT2D eigenvalue weighted by molar-refractivity contribution is -0.131. The van der Waals surface area contributed by atoms with E-state index in [0.717, 1.165) is 12.8 Å². The predicted molar refractivity (Wildman–Crippen MR) is 129 cm³/mol. The molecule has 0 spiro atoms. The van der Waals surface area contributed by atoms with Gasteiger partial charge in [0.15, 0.2) is 0 Å². The largest absolute Gasteiger partial charge is 0.480 e. The Hall–Kier alpha value is -1.85. The second kappa shape index (κ2) is 15.9. The van der Waals surface area contributed by atoms with Gasteiger partial charge in [-0.1, -0.05) is 20.3 Å². The number of hydrogen-bond acceptors (Lipinski definition) is 7. The minimum absolute atomic E-state index is 0.190. The third-order valence-electron chi connectivity index (χ3n) is 4.66. The highest BCUT2D eigenvalue weighted by Gasteiger charge is 2.34. The Morgan fingerprint density at radius 1 is 0.909 bits per heavy atom. The van der Waals surface area contributed by atoms with E-state index in [2.05, 4.69) is 16.0 Å². The van der Waals surface area contributed by atoms with Crippen molar-refractivity contribution in [3.8, 4) is 0 Å². The molecule has 0 unspecified atom stereocenters. The molecule has 0 aliphatic carbocycles. The molecule has 33 heavy (non-hydrogen) atoms. The molecule has 11 heteroatoms. The molecule has 0 rings (SSSR count). The molecule has 0 radical (unpaired) electrons. The molecule has 0 aromatic carbocycles. The average molecular weight is 472 g/mol. The van der Waals surface area contributed by atoms with Crippen molar-refractivity contribution < 1.29 is 28.4 Å². The summed E-state index contributed by atoms with van der Waals surface area (Å²) >= 11 is 0. The van der Waals surface area contributed by atoms with Crippen molar-refractivity contribution in [2.45, 2.75) is 98.3 Å². The lowest BCUT2D eigenvalue weighted by Gasteiger charge is -2.29. The third-order valence-corrected chi connectivity index (χ3v) is 4.66. The first kappa shape index (κ1) is 31.2. The van der Waals surface area contributed by atoms with Crippen molar-refractivity contribution in [2.75, 3.05) is 19.8 Å². The van der Waals surface area contributed by atoms with Crippen LogP contribution in [0.25, 0.3) is 0 Å². The van der Waals surface area contributed by atoms with E-state index in [0.29, 0.717) is 26.2 Å². The number of nitrogens with one attached hydrogen (secondary N) is 3. The van der Waals surface area contributed by atoms with Crippen LogP contribution < -0.4 is 21.7 Å². The topological polar surface area (TPSA) is 141 Å². The summed E-state index contributed by atoms with van der Waals surface area (Å²) in [6.07, 6.45) is 1.54. The molecule has 5 N–H and O–H groups in total. The second-order valence-electron chi connectivity index (χ2n) is 9.28. The quantitative estimate of drug-likeness (QED) is 0.210. The van der Waals surface area contributed by atoms with Crippen LogP contribution in [-0.4, -0.2) is 68.4 Å². The number of ether oxygens (including phenoxy) is 1. The van der Waals surface area contributed by atoms with E-state index in [1.54, 1.807) is 20.8 Å². The zero-order valence-electron chi connectivity index (χ0n) is 21.7. The molecule has 0 saturated heterocycles. The summed E-state index contributed by atoms with van der Waals surface area (Å²) < 4.78 is 16.6. The van der Waals surface area contributed by atoms with Crippen molar-refractivity contribution in [3.05, 3.63) is 0 Å². The standard InChI is InChI=1S/C22H45BN4O6/c1-9-31-23(32-10-2)17(13-11-12-14-24)26-20(29)18(15(3)4)27-19(28)16(5)25-21(30)33-22(6,7)8/h15-18H,9-14,24H2,1-8H3,(H,25,30)(H,26,29)(H,27,28)/t16-,17+,18-/m0/s1. The Kier molecular flexibility index (Phi) is 15.0. The van der Waals surface area contributed by atoms with Gasteiger partial charge in [-0.25, -0.2) is 4.79 Å². The van der Waals surface area contributed by atoms with Gasteiger partial charge in [-0.2, -0.15) is 0 Å². The maximum absolute atomic E-state index is 13.1. The number of rotatable bonds is 15. The highest BCUT2D eigenvalue weighted by Crippen LogP contribution is 2.11.